The molecule has 7 heteroatoms. The molecule has 0 aromatic rings. The van der Waals surface area contributed by atoms with Crippen LogP contribution in [0.25, 0.3) is 0 Å². The predicted octanol–water partition coefficient (Wildman–Crippen LogP) is 0.183. The maximum absolute atomic E-state index is 11.8. The molecular weight excluding hydrogens is 274 g/mol. The van der Waals surface area contributed by atoms with Gasteiger partial charge in [-0.1, -0.05) is 12.5 Å². The highest BCUT2D eigenvalue weighted by Crippen LogP contribution is 2.41. The number of rotatable bonds is 5. The summed E-state index contributed by atoms with van der Waals surface area (Å²) in [5.74, 6) is -0.880. The fourth-order valence-electron chi connectivity index (χ4n) is 3.46. The van der Waals surface area contributed by atoms with E-state index >= 15 is 0 Å². The third kappa shape index (κ3) is 3.60. The number of nitrogens with one attached hydrogen (secondary N) is 2. The highest BCUT2D eigenvalue weighted by Gasteiger charge is 2.48. The Balaban J connectivity index is 1.89. The van der Waals surface area contributed by atoms with E-state index in [9.17, 15) is 19.5 Å². The minimum absolute atomic E-state index is 0.0640. The number of amides is 3. The average molecular weight is 295 g/mol. The van der Waals surface area contributed by atoms with Crippen LogP contribution in [0, 0.1) is 11.8 Å². The van der Waals surface area contributed by atoms with Gasteiger partial charge in [0.25, 0.3) is 0 Å². The monoisotopic (exact) mass is 295 g/mol. The van der Waals surface area contributed by atoms with E-state index in [1.807, 2.05) is 0 Å². The molecule has 2 fully saturated rings. The fourth-order valence-corrected chi connectivity index (χ4v) is 3.46. The molecule has 21 heavy (non-hydrogen) atoms. The largest absolute Gasteiger partial charge is 0.480 e. The Morgan fingerprint density at radius 1 is 1.33 bits per heavy atom. The van der Waals surface area contributed by atoms with E-state index < -0.39 is 23.9 Å². The lowest BCUT2D eigenvalue weighted by Crippen LogP contribution is -2.48. The molecule has 3 atom stereocenters. The molecule has 1 aliphatic carbocycles. The molecule has 1 saturated carbocycles. The second kappa shape index (κ2) is 6.71. The lowest BCUT2D eigenvalue weighted by molar-refractivity contribution is -0.144. The maximum atomic E-state index is 11.8. The number of aliphatic carboxylic acids is 1. The Bertz CT molecular complexity index is 452. The van der Waals surface area contributed by atoms with Crippen molar-refractivity contribution in [3.05, 3.63) is 12.7 Å². The number of carboxylic acid groups (broad SMARTS) is 1. The molecule has 1 aliphatic heterocycles. The number of urea groups is 1. The summed E-state index contributed by atoms with van der Waals surface area (Å²) < 4.78 is 0. The van der Waals surface area contributed by atoms with Crippen molar-refractivity contribution in [1.82, 2.24) is 15.5 Å². The van der Waals surface area contributed by atoms with Crippen LogP contribution in [0.1, 0.15) is 19.3 Å². The van der Waals surface area contributed by atoms with Crippen LogP contribution in [-0.2, 0) is 9.59 Å². The van der Waals surface area contributed by atoms with Crippen molar-refractivity contribution in [1.29, 1.82) is 0 Å². The van der Waals surface area contributed by atoms with Crippen LogP contribution < -0.4 is 10.6 Å². The first-order valence-corrected chi connectivity index (χ1v) is 7.18. The van der Waals surface area contributed by atoms with E-state index in [-0.39, 0.29) is 19.0 Å². The zero-order valence-corrected chi connectivity index (χ0v) is 11.9. The number of hydrogen-bond acceptors (Lipinski definition) is 4. The average Bonchev–Trinajstić information content (AvgIpc) is 2.95. The van der Waals surface area contributed by atoms with Gasteiger partial charge >= 0.3 is 12.0 Å². The quantitative estimate of drug-likeness (QED) is 0.629. The molecule has 0 radical (unpaired) electrons. The molecule has 1 saturated heterocycles. The fraction of sp³-hybridized carbons (Fsp3) is 0.643. The maximum Gasteiger partial charge on any atom is 0.321 e. The summed E-state index contributed by atoms with van der Waals surface area (Å²) in [5, 5.41) is 14.0. The van der Waals surface area contributed by atoms with E-state index in [0.717, 1.165) is 19.3 Å². The molecule has 3 amide bonds. The zero-order valence-electron chi connectivity index (χ0n) is 11.9. The summed E-state index contributed by atoms with van der Waals surface area (Å²) >= 11 is 0. The minimum atomic E-state index is -0.881. The van der Waals surface area contributed by atoms with Gasteiger partial charge in [0.05, 0.1) is 6.54 Å². The highest BCUT2D eigenvalue weighted by molar-refractivity contribution is 5.95. The van der Waals surface area contributed by atoms with Crippen LogP contribution in [0.4, 0.5) is 4.79 Å². The summed E-state index contributed by atoms with van der Waals surface area (Å²) in [7, 11) is 0. The minimum Gasteiger partial charge on any atom is -0.480 e. The van der Waals surface area contributed by atoms with Gasteiger partial charge in [-0.05, 0) is 24.7 Å². The lowest BCUT2D eigenvalue weighted by atomic mass is 9.94. The highest BCUT2D eigenvalue weighted by atomic mass is 16.4. The van der Waals surface area contributed by atoms with Crippen molar-refractivity contribution >= 4 is 17.9 Å². The van der Waals surface area contributed by atoms with Gasteiger partial charge < -0.3 is 10.4 Å². The molecule has 0 aromatic carbocycles. The molecule has 3 unspecified atom stereocenters. The molecule has 116 valence electrons. The van der Waals surface area contributed by atoms with Gasteiger partial charge in [-0.3, -0.25) is 19.8 Å². The van der Waals surface area contributed by atoms with Crippen molar-refractivity contribution in [3.8, 4) is 0 Å². The van der Waals surface area contributed by atoms with Gasteiger partial charge in [0.15, 0.2) is 0 Å². The number of hydrogen-bond donors (Lipinski definition) is 3. The number of carbonyl (C=O) groups is 3. The third-order valence-corrected chi connectivity index (χ3v) is 4.25. The number of imide groups is 1. The number of carboxylic acids is 1. The zero-order chi connectivity index (χ0) is 15.4. The third-order valence-electron chi connectivity index (χ3n) is 4.25. The van der Waals surface area contributed by atoms with Gasteiger partial charge in [0.1, 0.15) is 6.04 Å². The Morgan fingerprint density at radius 3 is 2.76 bits per heavy atom. The van der Waals surface area contributed by atoms with Crippen molar-refractivity contribution < 1.29 is 19.5 Å². The second-order valence-corrected chi connectivity index (χ2v) is 5.61. The van der Waals surface area contributed by atoms with Crippen LogP contribution in [-0.4, -0.2) is 53.6 Å². The van der Waals surface area contributed by atoms with E-state index in [2.05, 4.69) is 17.2 Å². The summed E-state index contributed by atoms with van der Waals surface area (Å²) in [6.45, 7) is 4.27. The molecule has 7 nitrogen and oxygen atoms in total. The second-order valence-electron chi connectivity index (χ2n) is 5.61. The Labute approximate surface area is 123 Å². The summed E-state index contributed by atoms with van der Waals surface area (Å²) in [6.07, 6.45) is 4.49. The molecule has 0 bridgehead atoms. The molecule has 3 N–H and O–H groups in total. The van der Waals surface area contributed by atoms with E-state index in [1.165, 1.54) is 6.08 Å². The summed E-state index contributed by atoms with van der Waals surface area (Å²) in [5.41, 5.74) is 0. The van der Waals surface area contributed by atoms with E-state index in [4.69, 9.17) is 0 Å². The Kier molecular flexibility index (Phi) is 4.95. The van der Waals surface area contributed by atoms with Crippen LogP contribution in [0.5, 0.6) is 0 Å². The summed E-state index contributed by atoms with van der Waals surface area (Å²) in [4.78, 5) is 36.3. The number of fused-ring (bicyclic) bond motifs is 1. The SMILES string of the molecule is C=CCNC(=O)NC(=O)CN1CC2CCCC2C1C(=O)O. The molecule has 1 heterocycles. The van der Waals surface area contributed by atoms with Crippen LogP contribution >= 0.6 is 0 Å². The van der Waals surface area contributed by atoms with Gasteiger partial charge in [0.2, 0.25) is 5.91 Å². The van der Waals surface area contributed by atoms with E-state index in [0.29, 0.717) is 12.5 Å². The number of likely N-dealkylation sites (tertiary alicyclic amines) is 1. The van der Waals surface area contributed by atoms with Crippen LogP contribution in [0.3, 0.4) is 0 Å². The lowest BCUT2D eigenvalue weighted by Gasteiger charge is -2.23. The van der Waals surface area contributed by atoms with Gasteiger partial charge in [-0.15, -0.1) is 6.58 Å². The topological polar surface area (TPSA) is 98.7 Å². The summed E-state index contributed by atoms with van der Waals surface area (Å²) in [6, 6.07) is -1.20. The van der Waals surface area contributed by atoms with Crippen molar-refractivity contribution in [3.63, 3.8) is 0 Å². The van der Waals surface area contributed by atoms with Crippen LogP contribution in [0.15, 0.2) is 12.7 Å². The molecule has 0 spiro atoms. The van der Waals surface area contributed by atoms with Crippen molar-refractivity contribution in [2.24, 2.45) is 11.8 Å². The first kappa shape index (κ1) is 15.5. The van der Waals surface area contributed by atoms with Gasteiger partial charge in [-0.25, -0.2) is 4.79 Å². The Morgan fingerprint density at radius 2 is 2.10 bits per heavy atom. The smallest absolute Gasteiger partial charge is 0.321 e. The van der Waals surface area contributed by atoms with Crippen LogP contribution in [0.2, 0.25) is 0 Å². The Hall–Kier alpha value is -1.89. The molecular formula is C14H21N3O4. The molecule has 0 aromatic heterocycles. The first-order valence-electron chi connectivity index (χ1n) is 7.18. The standard InChI is InChI=1S/C14H21N3O4/c1-2-6-15-14(21)16-11(18)8-17-7-9-4-3-5-10(9)12(17)13(19)20/h2,9-10,12H,1,3-8H2,(H,19,20)(H2,15,16,18,21). The molecule has 2 rings (SSSR count). The molecule has 2 aliphatic rings. The number of nitrogens with zero attached hydrogens (tertiary/aromatic N) is 1. The van der Waals surface area contributed by atoms with Crippen molar-refractivity contribution in [2.75, 3.05) is 19.6 Å². The first-order chi connectivity index (χ1) is 10.0. The predicted molar refractivity (Wildman–Crippen MR) is 75.6 cm³/mol. The van der Waals surface area contributed by atoms with Gasteiger partial charge in [0, 0.05) is 13.1 Å². The number of carbonyl (C=O) groups excluding carboxylic acids is 2. The normalized spacial score (nSPS) is 27.9. The van der Waals surface area contributed by atoms with E-state index in [1.54, 1.807) is 4.90 Å². The van der Waals surface area contributed by atoms with Gasteiger partial charge in [-0.2, -0.15) is 0 Å². The van der Waals surface area contributed by atoms with Crippen molar-refractivity contribution in [2.45, 2.75) is 25.3 Å².